The number of thioether (sulfide) groups is 1. The molecule has 2 aliphatic heterocycles. The maximum absolute atomic E-state index is 14.1. The number of carbonyl (C=O) groups is 1. The molecule has 2 aliphatic rings. The Balaban J connectivity index is 1.85. The molecule has 1 aromatic carbocycles. The van der Waals surface area contributed by atoms with Crippen molar-refractivity contribution in [1.29, 1.82) is 0 Å². The Morgan fingerprint density at radius 2 is 2.38 bits per heavy atom. The van der Waals surface area contributed by atoms with Crippen molar-refractivity contribution in [2.45, 2.75) is 24.9 Å². The molecular weight excluding hydrogens is 291 g/mol. The van der Waals surface area contributed by atoms with Gasteiger partial charge in [-0.15, -0.1) is 0 Å². The average Bonchev–Trinajstić information content (AvgIpc) is 2.94. The van der Waals surface area contributed by atoms with E-state index in [2.05, 4.69) is 0 Å². The van der Waals surface area contributed by atoms with Crippen molar-refractivity contribution >= 4 is 17.5 Å². The molecule has 5 heteroatoms. The van der Waals surface area contributed by atoms with E-state index in [-0.39, 0.29) is 22.9 Å². The third kappa shape index (κ3) is 2.81. The van der Waals surface area contributed by atoms with Gasteiger partial charge in [0.05, 0.1) is 18.3 Å². The van der Waals surface area contributed by atoms with Crippen LogP contribution in [0.5, 0.6) is 5.75 Å². The topological polar surface area (TPSA) is 35.5 Å². The van der Waals surface area contributed by atoms with Gasteiger partial charge < -0.3 is 9.47 Å². The molecule has 1 aromatic rings. The molecule has 21 heavy (non-hydrogen) atoms. The number of methoxy groups -OCH3 is 1. The molecule has 0 saturated carbocycles. The average molecular weight is 310 g/mol. The van der Waals surface area contributed by atoms with Crippen LogP contribution in [0.2, 0.25) is 0 Å². The third-order valence-electron chi connectivity index (χ3n) is 4.37. The molecule has 0 aromatic heterocycles. The molecule has 0 radical (unpaired) electrons. The molecule has 3 rings (SSSR count). The summed E-state index contributed by atoms with van der Waals surface area (Å²) in [6.07, 6.45) is 2.33. The summed E-state index contributed by atoms with van der Waals surface area (Å²) in [4.78, 5) is 12.8. The molecule has 1 spiro atoms. The largest absolute Gasteiger partial charge is 0.496 e. The lowest BCUT2D eigenvalue weighted by molar-refractivity contribution is -0.0735. The fourth-order valence-electron chi connectivity index (χ4n) is 3.23. The van der Waals surface area contributed by atoms with Crippen molar-refractivity contribution in [3.8, 4) is 5.75 Å². The summed E-state index contributed by atoms with van der Waals surface area (Å²) < 4.78 is 25.2. The summed E-state index contributed by atoms with van der Waals surface area (Å²) in [6.45, 7) is 0.577. The predicted molar refractivity (Wildman–Crippen MR) is 80.6 cm³/mol. The zero-order chi connectivity index (χ0) is 14.9. The molecule has 2 saturated heterocycles. The van der Waals surface area contributed by atoms with Gasteiger partial charge in [-0.3, -0.25) is 4.79 Å². The number of halogens is 1. The van der Waals surface area contributed by atoms with Crippen molar-refractivity contribution in [2.24, 2.45) is 5.92 Å². The van der Waals surface area contributed by atoms with E-state index < -0.39 is 5.82 Å². The molecule has 0 bridgehead atoms. The summed E-state index contributed by atoms with van der Waals surface area (Å²) in [5, 5.41) is 0. The van der Waals surface area contributed by atoms with E-state index >= 15 is 0 Å². The normalized spacial score (nSPS) is 28.8. The van der Waals surface area contributed by atoms with Gasteiger partial charge in [-0.1, -0.05) is 6.07 Å². The molecule has 2 heterocycles. The highest BCUT2D eigenvalue weighted by Gasteiger charge is 2.43. The van der Waals surface area contributed by atoms with Crippen LogP contribution in [0.3, 0.4) is 0 Å². The molecule has 2 atom stereocenters. The number of hydrogen-bond acceptors (Lipinski definition) is 4. The zero-order valence-electron chi connectivity index (χ0n) is 12.1. The number of carbonyl (C=O) groups excluding carboxylic acids is 1. The van der Waals surface area contributed by atoms with Crippen LogP contribution in [0.1, 0.15) is 29.6 Å². The van der Waals surface area contributed by atoms with Gasteiger partial charge in [0.1, 0.15) is 11.6 Å². The molecular formula is C16H19FO3S. The Labute approximate surface area is 128 Å². The smallest absolute Gasteiger partial charge is 0.172 e. The van der Waals surface area contributed by atoms with Crippen molar-refractivity contribution in [3.63, 3.8) is 0 Å². The first-order valence-electron chi connectivity index (χ1n) is 7.24. The molecule has 114 valence electrons. The summed E-state index contributed by atoms with van der Waals surface area (Å²) in [5.41, 5.74) is -0.0884. The molecule has 2 fully saturated rings. The Morgan fingerprint density at radius 1 is 1.52 bits per heavy atom. The highest BCUT2D eigenvalue weighted by molar-refractivity contribution is 7.99. The van der Waals surface area contributed by atoms with E-state index in [1.54, 1.807) is 12.1 Å². The fraction of sp³-hybridized carbons (Fsp3) is 0.562. The van der Waals surface area contributed by atoms with Crippen LogP contribution in [-0.4, -0.2) is 36.6 Å². The summed E-state index contributed by atoms with van der Waals surface area (Å²) in [7, 11) is 1.46. The first-order valence-corrected chi connectivity index (χ1v) is 8.39. The standard InChI is InChI=1S/C16H19FO3S/c1-19-13-4-2-3-12(17)14(13)15(18)11-5-7-20-16(9-11)6-8-21-10-16/h2-4,11H,5-10H2,1H3. The second kappa shape index (κ2) is 5.97. The second-order valence-electron chi connectivity index (χ2n) is 5.71. The minimum atomic E-state index is -0.499. The van der Waals surface area contributed by atoms with Crippen LogP contribution in [-0.2, 0) is 4.74 Å². The van der Waals surface area contributed by atoms with Gasteiger partial charge >= 0.3 is 0 Å². The molecule has 3 nitrogen and oxygen atoms in total. The summed E-state index contributed by atoms with van der Waals surface area (Å²) in [5.74, 6) is 1.50. The lowest BCUT2D eigenvalue weighted by Gasteiger charge is -2.37. The predicted octanol–water partition coefficient (Wildman–Crippen LogP) is 3.32. The van der Waals surface area contributed by atoms with Crippen molar-refractivity contribution < 1.29 is 18.7 Å². The number of ketones is 1. The molecule has 0 amide bonds. The highest BCUT2D eigenvalue weighted by Crippen LogP contribution is 2.42. The minimum Gasteiger partial charge on any atom is -0.496 e. The lowest BCUT2D eigenvalue weighted by Crippen LogP contribution is -2.42. The third-order valence-corrected chi connectivity index (χ3v) is 5.60. The molecule has 0 N–H and O–H groups in total. The van der Waals surface area contributed by atoms with Crippen LogP contribution in [0.4, 0.5) is 4.39 Å². The number of rotatable bonds is 3. The Bertz CT molecular complexity index is 540. The monoisotopic (exact) mass is 310 g/mol. The lowest BCUT2D eigenvalue weighted by atomic mass is 9.81. The first kappa shape index (κ1) is 14.9. The van der Waals surface area contributed by atoms with E-state index in [4.69, 9.17) is 9.47 Å². The number of Topliss-reactive ketones (excluding diaryl/α,β-unsaturated/α-hetero) is 1. The number of benzene rings is 1. The van der Waals surface area contributed by atoms with Gasteiger partial charge in [0, 0.05) is 18.3 Å². The van der Waals surface area contributed by atoms with Crippen LogP contribution in [0, 0.1) is 11.7 Å². The second-order valence-corrected chi connectivity index (χ2v) is 6.81. The maximum atomic E-state index is 14.1. The van der Waals surface area contributed by atoms with Gasteiger partial charge in [0.25, 0.3) is 0 Å². The van der Waals surface area contributed by atoms with Crippen molar-refractivity contribution in [2.75, 3.05) is 25.2 Å². The quantitative estimate of drug-likeness (QED) is 0.802. The van der Waals surface area contributed by atoms with Crippen LogP contribution in [0.25, 0.3) is 0 Å². The van der Waals surface area contributed by atoms with Crippen molar-refractivity contribution in [1.82, 2.24) is 0 Å². The SMILES string of the molecule is COc1cccc(F)c1C(=O)C1CCOC2(CCSC2)C1. The number of hydrogen-bond donors (Lipinski definition) is 0. The van der Waals surface area contributed by atoms with Gasteiger partial charge in [0.15, 0.2) is 5.78 Å². The van der Waals surface area contributed by atoms with Gasteiger partial charge in [-0.05, 0) is 37.1 Å². The number of ether oxygens (including phenoxy) is 2. The van der Waals surface area contributed by atoms with Gasteiger partial charge in [-0.2, -0.15) is 11.8 Å². The van der Waals surface area contributed by atoms with E-state index in [1.807, 2.05) is 11.8 Å². The Hall–Kier alpha value is -1.07. The molecule has 2 unspecified atom stereocenters. The van der Waals surface area contributed by atoms with Crippen LogP contribution >= 0.6 is 11.8 Å². The first-order chi connectivity index (χ1) is 10.2. The van der Waals surface area contributed by atoms with Crippen LogP contribution < -0.4 is 4.74 Å². The van der Waals surface area contributed by atoms with E-state index in [0.29, 0.717) is 25.2 Å². The van der Waals surface area contributed by atoms with E-state index in [9.17, 15) is 9.18 Å². The minimum absolute atomic E-state index is 0.0905. The maximum Gasteiger partial charge on any atom is 0.172 e. The Morgan fingerprint density at radius 3 is 3.10 bits per heavy atom. The fourth-order valence-corrected chi connectivity index (χ4v) is 4.61. The van der Waals surface area contributed by atoms with E-state index in [0.717, 1.165) is 17.9 Å². The van der Waals surface area contributed by atoms with E-state index in [1.165, 1.54) is 13.2 Å². The van der Waals surface area contributed by atoms with Crippen LogP contribution in [0.15, 0.2) is 18.2 Å². The Kier molecular flexibility index (Phi) is 4.22. The van der Waals surface area contributed by atoms with Gasteiger partial charge in [-0.25, -0.2) is 4.39 Å². The summed E-state index contributed by atoms with van der Waals surface area (Å²) >= 11 is 1.86. The highest BCUT2D eigenvalue weighted by atomic mass is 32.2. The summed E-state index contributed by atoms with van der Waals surface area (Å²) in [6, 6.07) is 4.51. The zero-order valence-corrected chi connectivity index (χ0v) is 12.9. The van der Waals surface area contributed by atoms with Gasteiger partial charge in [0.2, 0.25) is 0 Å². The molecule has 0 aliphatic carbocycles. The van der Waals surface area contributed by atoms with Crippen molar-refractivity contribution in [3.05, 3.63) is 29.6 Å².